The van der Waals surface area contributed by atoms with Gasteiger partial charge in [-0.25, -0.2) is 4.98 Å². The van der Waals surface area contributed by atoms with Gasteiger partial charge in [0.15, 0.2) is 5.69 Å². The van der Waals surface area contributed by atoms with E-state index in [1.807, 2.05) is 44.2 Å². The molecule has 0 aliphatic carbocycles. The predicted octanol–water partition coefficient (Wildman–Crippen LogP) is 3.73. The highest BCUT2D eigenvalue weighted by Crippen LogP contribution is 2.19. The van der Waals surface area contributed by atoms with Crippen LogP contribution in [-0.2, 0) is 0 Å². The molecule has 27 heavy (non-hydrogen) atoms. The molecule has 2 aromatic heterocycles. The third-order valence-corrected chi connectivity index (χ3v) is 4.42. The van der Waals surface area contributed by atoms with Crippen molar-refractivity contribution in [1.29, 1.82) is 0 Å². The van der Waals surface area contributed by atoms with Gasteiger partial charge in [-0.3, -0.25) is 14.0 Å². The summed E-state index contributed by atoms with van der Waals surface area (Å²) < 4.78 is 1.65. The Labute approximate surface area is 158 Å². The van der Waals surface area contributed by atoms with Crippen LogP contribution < -0.4 is 10.6 Å². The van der Waals surface area contributed by atoms with E-state index in [4.69, 9.17) is 0 Å². The monoisotopic (exact) mass is 364 g/mol. The van der Waals surface area contributed by atoms with Crippen molar-refractivity contribution >= 4 is 23.0 Å². The van der Waals surface area contributed by atoms with Crippen LogP contribution in [0.2, 0.25) is 0 Å². The van der Waals surface area contributed by atoms with Crippen molar-refractivity contribution in [2.24, 2.45) is 0 Å². The Balaban J connectivity index is 1.93. The van der Waals surface area contributed by atoms with Crippen LogP contribution in [0.25, 0.3) is 5.52 Å². The fourth-order valence-electron chi connectivity index (χ4n) is 2.88. The minimum absolute atomic E-state index is 0.187. The van der Waals surface area contributed by atoms with E-state index in [9.17, 15) is 9.59 Å². The number of amides is 2. The maximum Gasteiger partial charge on any atom is 0.292 e. The van der Waals surface area contributed by atoms with E-state index in [1.165, 1.54) is 0 Å². The molecule has 3 rings (SSSR count). The van der Waals surface area contributed by atoms with Crippen LogP contribution in [0, 0.1) is 13.8 Å². The second-order valence-corrected chi connectivity index (χ2v) is 6.62. The Hall–Kier alpha value is -3.15. The first kappa shape index (κ1) is 18.6. The Morgan fingerprint density at radius 3 is 2.70 bits per heavy atom. The van der Waals surface area contributed by atoms with Crippen LogP contribution in [0.1, 0.15) is 52.0 Å². The van der Waals surface area contributed by atoms with E-state index < -0.39 is 0 Å². The molecule has 0 bridgehead atoms. The molecular weight excluding hydrogens is 340 g/mol. The smallest absolute Gasteiger partial charge is 0.292 e. The van der Waals surface area contributed by atoms with Crippen LogP contribution in [0.15, 0.2) is 42.6 Å². The van der Waals surface area contributed by atoms with Gasteiger partial charge in [-0.2, -0.15) is 0 Å². The predicted molar refractivity (Wildman–Crippen MR) is 106 cm³/mol. The third kappa shape index (κ3) is 4.00. The zero-order valence-corrected chi connectivity index (χ0v) is 15.9. The quantitative estimate of drug-likeness (QED) is 0.654. The minimum atomic E-state index is -0.350. The Morgan fingerprint density at radius 1 is 1.11 bits per heavy atom. The third-order valence-electron chi connectivity index (χ3n) is 4.42. The number of rotatable bonds is 6. The minimum Gasteiger partial charge on any atom is -0.351 e. The number of nitrogens with one attached hydrogen (secondary N) is 2. The molecule has 0 fully saturated rings. The molecule has 0 radical (unpaired) electrons. The summed E-state index contributed by atoms with van der Waals surface area (Å²) in [5.41, 5.74) is 3.63. The lowest BCUT2D eigenvalue weighted by molar-refractivity contribution is 0.0950. The van der Waals surface area contributed by atoms with Gasteiger partial charge in [-0.15, -0.1) is 0 Å². The second-order valence-electron chi connectivity index (χ2n) is 6.62. The highest BCUT2D eigenvalue weighted by atomic mass is 16.2. The van der Waals surface area contributed by atoms with Crippen LogP contribution in [0.4, 0.5) is 5.69 Å². The number of hydrogen-bond donors (Lipinski definition) is 2. The highest BCUT2D eigenvalue weighted by molar-refractivity contribution is 6.06. The first-order valence-corrected chi connectivity index (χ1v) is 9.15. The number of nitrogens with zero attached hydrogens (tertiary/aromatic N) is 2. The fourth-order valence-corrected chi connectivity index (χ4v) is 2.88. The van der Waals surface area contributed by atoms with Gasteiger partial charge in [0.05, 0.1) is 5.52 Å². The van der Waals surface area contributed by atoms with Gasteiger partial charge in [0.1, 0.15) is 0 Å². The van der Waals surface area contributed by atoms with Gasteiger partial charge >= 0.3 is 0 Å². The molecule has 1 aromatic carbocycles. The molecule has 0 aliphatic heterocycles. The number of anilines is 1. The standard InChI is InChI=1S/C21H24N4O2/c1-4-5-11-22-20(26)18-17-8-6-7-12-25(17)19(24-18)21(27)23-16-13-14(2)9-10-15(16)3/h6-10,12-13H,4-5,11H2,1-3H3,(H,22,26)(H,23,27). The number of aryl methyl sites for hydroxylation is 2. The summed E-state index contributed by atoms with van der Waals surface area (Å²) in [5.74, 6) is -0.428. The van der Waals surface area contributed by atoms with Crippen molar-refractivity contribution in [3.8, 4) is 0 Å². The number of aromatic nitrogens is 2. The van der Waals surface area contributed by atoms with Gasteiger partial charge in [-0.1, -0.05) is 31.5 Å². The van der Waals surface area contributed by atoms with Crippen LogP contribution in [0.3, 0.4) is 0 Å². The topological polar surface area (TPSA) is 75.5 Å². The molecule has 0 saturated carbocycles. The van der Waals surface area contributed by atoms with Crippen LogP contribution >= 0.6 is 0 Å². The molecule has 3 aromatic rings. The highest BCUT2D eigenvalue weighted by Gasteiger charge is 2.21. The zero-order valence-electron chi connectivity index (χ0n) is 15.9. The number of unbranched alkanes of at least 4 members (excludes halogenated alkanes) is 1. The summed E-state index contributed by atoms with van der Waals surface area (Å²) in [5, 5.41) is 5.77. The average Bonchev–Trinajstić information content (AvgIpc) is 3.05. The Bertz CT molecular complexity index is 991. The van der Waals surface area contributed by atoms with Crippen molar-refractivity contribution in [3.05, 3.63) is 65.2 Å². The first-order chi connectivity index (χ1) is 13.0. The summed E-state index contributed by atoms with van der Waals surface area (Å²) in [6, 6.07) is 11.3. The van der Waals surface area contributed by atoms with Crippen molar-refractivity contribution < 1.29 is 9.59 Å². The lowest BCUT2D eigenvalue weighted by Crippen LogP contribution is -2.25. The second kappa shape index (κ2) is 8.03. The molecule has 0 spiro atoms. The van der Waals surface area contributed by atoms with Crippen molar-refractivity contribution in [1.82, 2.24) is 14.7 Å². The molecule has 140 valence electrons. The van der Waals surface area contributed by atoms with Crippen LogP contribution in [-0.4, -0.2) is 27.7 Å². The number of fused-ring (bicyclic) bond motifs is 1. The number of benzene rings is 1. The van der Waals surface area contributed by atoms with Gasteiger partial charge in [-0.05, 0) is 49.6 Å². The average molecular weight is 364 g/mol. The molecule has 6 heteroatoms. The van der Waals surface area contributed by atoms with E-state index in [2.05, 4.69) is 22.5 Å². The SMILES string of the molecule is CCCCNC(=O)c1nc(C(=O)Nc2cc(C)ccc2C)n2ccccc12. The summed E-state index contributed by atoms with van der Waals surface area (Å²) in [6.07, 6.45) is 3.63. The lowest BCUT2D eigenvalue weighted by Gasteiger charge is -2.08. The maximum atomic E-state index is 12.9. The molecule has 2 N–H and O–H groups in total. The first-order valence-electron chi connectivity index (χ1n) is 9.15. The number of carbonyl (C=O) groups is 2. The van der Waals surface area contributed by atoms with E-state index in [0.29, 0.717) is 12.1 Å². The van der Waals surface area contributed by atoms with E-state index in [1.54, 1.807) is 16.7 Å². The molecule has 2 amide bonds. The number of hydrogen-bond acceptors (Lipinski definition) is 3. The number of carbonyl (C=O) groups excluding carboxylic acids is 2. The Morgan fingerprint density at radius 2 is 1.93 bits per heavy atom. The zero-order chi connectivity index (χ0) is 19.4. The lowest BCUT2D eigenvalue weighted by atomic mass is 10.1. The molecule has 0 atom stereocenters. The van der Waals surface area contributed by atoms with E-state index >= 15 is 0 Å². The molecule has 6 nitrogen and oxygen atoms in total. The van der Waals surface area contributed by atoms with Crippen molar-refractivity contribution in [3.63, 3.8) is 0 Å². The van der Waals surface area contributed by atoms with E-state index in [0.717, 1.165) is 29.7 Å². The summed E-state index contributed by atoms with van der Waals surface area (Å²) in [7, 11) is 0. The molecular formula is C21H24N4O2. The van der Waals surface area contributed by atoms with Gasteiger partial charge in [0.25, 0.3) is 11.8 Å². The largest absolute Gasteiger partial charge is 0.351 e. The van der Waals surface area contributed by atoms with E-state index in [-0.39, 0.29) is 23.3 Å². The van der Waals surface area contributed by atoms with Gasteiger partial charge < -0.3 is 10.6 Å². The normalized spacial score (nSPS) is 10.8. The van der Waals surface area contributed by atoms with Gasteiger partial charge in [0, 0.05) is 18.4 Å². The Kier molecular flexibility index (Phi) is 5.54. The molecule has 0 unspecified atom stereocenters. The molecule has 0 saturated heterocycles. The summed E-state index contributed by atoms with van der Waals surface area (Å²) >= 11 is 0. The van der Waals surface area contributed by atoms with Gasteiger partial charge in [0.2, 0.25) is 5.82 Å². The maximum absolute atomic E-state index is 12.9. The number of pyridine rings is 1. The van der Waals surface area contributed by atoms with Crippen LogP contribution in [0.5, 0.6) is 0 Å². The number of imidazole rings is 1. The van der Waals surface area contributed by atoms with Crippen molar-refractivity contribution in [2.45, 2.75) is 33.6 Å². The molecule has 2 heterocycles. The fraction of sp³-hybridized carbons (Fsp3) is 0.286. The van der Waals surface area contributed by atoms with Crippen molar-refractivity contribution in [2.75, 3.05) is 11.9 Å². The summed E-state index contributed by atoms with van der Waals surface area (Å²) in [6.45, 7) is 6.56. The molecule has 0 aliphatic rings. The summed E-state index contributed by atoms with van der Waals surface area (Å²) in [4.78, 5) is 29.7.